The van der Waals surface area contributed by atoms with Crippen LogP contribution in [0, 0.1) is 10.1 Å². The summed E-state index contributed by atoms with van der Waals surface area (Å²) < 4.78 is 10.5. The van der Waals surface area contributed by atoms with Gasteiger partial charge in [0.2, 0.25) is 0 Å². The van der Waals surface area contributed by atoms with Crippen LogP contribution < -0.4 is 9.47 Å². The Morgan fingerprint density at radius 3 is 2.57 bits per heavy atom. The van der Waals surface area contributed by atoms with Crippen molar-refractivity contribution in [1.82, 2.24) is 9.80 Å². The predicted molar refractivity (Wildman–Crippen MR) is 98.9 cm³/mol. The average molecular weight is 389 g/mol. The molecule has 1 N–H and O–H groups in total. The molecule has 0 unspecified atom stereocenters. The van der Waals surface area contributed by atoms with Gasteiger partial charge in [-0.15, -0.1) is 0 Å². The second kappa shape index (κ2) is 8.25. The second-order valence-electron chi connectivity index (χ2n) is 5.72. The Morgan fingerprint density at radius 1 is 1.32 bits per heavy atom. The maximum Gasteiger partial charge on any atom is 0.357 e. The number of ether oxygens (including phenoxy) is 2. The lowest BCUT2D eigenvalue weighted by molar-refractivity contribution is -0.422. The number of aliphatic carboxylic acids is 1. The Bertz CT molecular complexity index is 904. The number of hydrogen-bond donors (Lipinski definition) is 1. The van der Waals surface area contributed by atoms with Crippen molar-refractivity contribution >= 4 is 18.0 Å². The predicted octanol–water partition coefficient (Wildman–Crippen LogP) is 1.54. The number of para-hydroxylation sites is 1. The van der Waals surface area contributed by atoms with Crippen molar-refractivity contribution in [3.63, 3.8) is 0 Å². The van der Waals surface area contributed by atoms with Crippen molar-refractivity contribution in [2.75, 3.05) is 27.8 Å². The first-order chi connectivity index (χ1) is 13.2. The van der Waals surface area contributed by atoms with E-state index in [9.17, 15) is 19.7 Å². The van der Waals surface area contributed by atoms with E-state index in [0.717, 1.165) is 4.90 Å². The highest BCUT2D eigenvalue weighted by Gasteiger charge is 2.38. The van der Waals surface area contributed by atoms with Crippen molar-refractivity contribution in [3.05, 3.63) is 63.7 Å². The Hall–Kier alpha value is -3.82. The average Bonchev–Trinajstić information content (AvgIpc) is 2.65. The van der Waals surface area contributed by atoms with Gasteiger partial charge in [0.1, 0.15) is 11.5 Å². The molecule has 1 amide bonds. The van der Waals surface area contributed by atoms with E-state index in [4.69, 9.17) is 14.6 Å². The lowest BCUT2D eigenvalue weighted by Gasteiger charge is -2.32. The standard InChI is InChI=1S/C18H19N3O7/c1-11-19(2)13(16(21(25)26)18(24)20(11)3)9-8-12-6-5-7-14(27-4)17(12)28-10-15(22)23/h5-9H,1,10H2,2-4H3,(H,22,23)/b9-8+. The van der Waals surface area contributed by atoms with Gasteiger partial charge in [-0.1, -0.05) is 18.7 Å². The van der Waals surface area contributed by atoms with Crippen LogP contribution in [0.5, 0.6) is 11.5 Å². The molecule has 2 rings (SSSR count). The molecule has 0 radical (unpaired) electrons. The monoisotopic (exact) mass is 389 g/mol. The van der Waals surface area contributed by atoms with Gasteiger partial charge in [0.15, 0.2) is 18.1 Å². The lowest BCUT2D eigenvalue weighted by atomic mass is 10.1. The topological polar surface area (TPSA) is 122 Å². The van der Waals surface area contributed by atoms with E-state index in [2.05, 4.69) is 6.58 Å². The zero-order chi connectivity index (χ0) is 21.0. The summed E-state index contributed by atoms with van der Waals surface area (Å²) >= 11 is 0. The molecule has 1 heterocycles. The number of nitro groups is 1. The normalized spacial score (nSPS) is 14.7. The van der Waals surface area contributed by atoms with E-state index >= 15 is 0 Å². The molecule has 0 saturated carbocycles. The first-order valence-electron chi connectivity index (χ1n) is 7.98. The maximum absolute atomic E-state index is 12.3. The minimum absolute atomic E-state index is 0.0325. The number of rotatable bonds is 7. The van der Waals surface area contributed by atoms with Gasteiger partial charge in [-0.25, -0.2) is 4.79 Å². The largest absolute Gasteiger partial charge is 0.493 e. The Morgan fingerprint density at radius 2 is 2.00 bits per heavy atom. The highest BCUT2D eigenvalue weighted by molar-refractivity contribution is 5.94. The van der Waals surface area contributed by atoms with Crippen LogP contribution in [0.2, 0.25) is 0 Å². The summed E-state index contributed by atoms with van der Waals surface area (Å²) in [6, 6.07) is 4.86. The van der Waals surface area contributed by atoms with Crippen LogP contribution >= 0.6 is 0 Å². The zero-order valence-corrected chi connectivity index (χ0v) is 15.5. The summed E-state index contributed by atoms with van der Waals surface area (Å²) in [5.74, 6) is -1.24. The van der Waals surface area contributed by atoms with Crippen LogP contribution in [-0.2, 0) is 9.59 Å². The highest BCUT2D eigenvalue weighted by Crippen LogP contribution is 2.33. The van der Waals surface area contributed by atoms with Gasteiger partial charge >= 0.3 is 17.6 Å². The van der Waals surface area contributed by atoms with E-state index in [1.807, 2.05) is 0 Å². The van der Waals surface area contributed by atoms with E-state index in [0.29, 0.717) is 11.3 Å². The van der Waals surface area contributed by atoms with Crippen molar-refractivity contribution < 1.29 is 29.1 Å². The summed E-state index contributed by atoms with van der Waals surface area (Å²) in [5.41, 5.74) is -0.157. The maximum atomic E-state index is 12.3. The minimum atomic E-state index is -1.17. The molecule has 10 heteroatoms. The molecular weight excluding hydrogens is 370 g/mol. The number of carboxylic acids is 1. The SMILES string of the molecule is C=C1N(C)C(=O)C([N+](=O)[O-])=C(/C=C/c2cccc(OC)c2OCC(=O)O)N1C. The molecule has 1 aromatic carbocycles. The number of hydrogen-bond acceptors (Lipinski definition) is 7. The molecule has 0 spiro atoms. The van der Waals surface area contributed by atoms with Crippen LogP contribution in [0.1, 0.15) is 5.56 Å². The lowest BCUT2D eigenvalue weighted by Crippen LogP contribution is -2.42. The fraction of sp³-hybridized carbons (Fsp3) is 0.222. The number of carboxylic acid groups (broad SMARTS) is 1. The molecule has 0 aromatic heterocycles. The van der Waals surface area contributed by atoms with Gasteiger partial charge in [-0.05, 0) is 18.2 Å². The third-order valence-corrected chi connectivity index (χ3v) is 4.06. The first-order valence-corrected chi connectivity index (χ1v) is 7.98. The molecule has 1 aliphatic heterocycles. The summed E-state index contributed by atoms with van der Waals surface area (Å²) in [6.07, 6.45) is 2.84. The summed E-state index contributed by atoms with van der Waals surface area (Å²) in [7, 11) is 4.34. The third-order valence-electron chi connectivity index (χ3n) is 4.06. The van der Waals surface area contributed by atoms with Gasteiger partial charge in [-0.3, -0.25) is 19.8 Å². The number of amides is 1. The molecule has 0 bridgehead atoms. The van der Waals surface area contributed by atoms with Gasteiger partial charge < -0.3 is 19.5 Å². The van der Waals surface area contributed by atoms with Crippen molar-refractivity contribution in [2.24, 2.45) is 0 Å². The van der Waals surface area contributed by atoms with Crippen LogP contribution in [0.4, 0.5) is 0 Å². The van der Waals surface area contributed by atoms with E-state index in [1.165, 1.54) is 31.2 Å². The van der Waals surface area contributed by atoms with E-state index in [-0.39, 0.29) is 17.3 Å². The number of benzene rings is 1. The Labute approximate surface area is 160 Å². The summed E-state index contributed by atoms with van der Waals surface area (Å²) in [5, 5.41) is 20.3. The number of nitrogens with zero attached hydrogens (tertiary/aromatic N) is 3. The molecule has 0 fully saturated rings. The van der Waals surface area contributed by atoms with Gasteiger partial charge in [0.25, 0.3) is 0 Å². The molecular formula is C18H19N3O7. The molecule has 0 saturated heterocycles. The fourth-order valence-corrected chi connectivity index (χ4v) is 2.55. The molecule has 1 aliphatic rings. The number of allylic oxidation sites excluding steroid dienone is 1. The molecule has 28 heavy (non-hydrogen) atoms. The van der Waals surface area contributed by atoms with Crippen LogP contribution in [0.25, 0.3) is 6.08 Å². The quantitative estimate of drug-likeness (QED) is 0.550. The second-order valence-corrected chi connectivity index (χ2v) is 5.72. The van der Waals surface area contributed by atoms with Gasteiger partial charge in [0.05, 0.1) is 12.0 Å². The van der Waals surface area contributed by atoms with E-state index < -0.39 is 29.1 Å². The van der Waals surface area contributed by atoms with E-state index in [1.54, 1.807) is 25.2 Å². The summed E-state index contributed by atoms with van der Waals surface area (Å²) in [6.45, 7) is 3.16. The number of carbonyl (C=O) groups is 2. The van der Waals surface area contributed by atoms with Crippen LogP contribution in [0.3, 0.4) is 0 Å². The summed E-state index contributed by atoms with van der Waals surface area (Å²) in [4.78, 5) is 36.3. The third kappa shape index (κ3) is 3.95. The number of carbonyl (C=O) groups excluding carboxylic acids is 1. The number of methoxy groups -OCH3 is 1. The highest BCUT2D eigenvalue weighted by atomic mass is 16.6. The van der Waals surface area contributed by atoms with Crippen molar-refractivity contribution in [3.8, 4) is 11.5 Å². The van der Waals surface area contributed by atoms with Crippen LogP contribution in [-0.4, -0.2) is 59.5 Å². The zero-order valence-electron chi connectivity index (χ0n) is 15.5. The minimum Gasteiger partial charge on any atom is -0.493 e. The van der Waals surface area contributed by atoms with Crippen molar-refractivity contribution in [2.45, 2.75) is 0 Å². The molecule has 1 aromatic rings. The first kappa shape index (κ1) is 20.5. The van der Waals surface area contributed by atoms with Gasteiger partial charge in [0, 0.05) is 19.7 Å². The van der Waals surface area contributed by atoms with Gasteiger partial charge in [-0.2, -0.15) is 0 Å². The molecule has 0 aliphatic carbocycles. The van der Waals surface area contributed by atoms with Crippen molar-refractivity contribution in [1.29, 1.82) is 0 Å². The molecule has 0 atom stereocenters. The Balaban J connectivity index is 2.54. The smallest absolute Gasteiger partial charge is 0.357 e. The Kier molecular flexibility index (Phi) is 6.04. The fourth-order valence-electron chi connectivity index (χ4n) is 2.55. The molecule has 148 valence electrons. The number of likely N-dealkylation sites (N-methyl/N-ethyl adjacent to an activating group) is 2. The van der Waals surface area contributed by atoms with Crippen LogP contribution in [0.15, 0.2) is 48.1 Å². The molecule has 10 nitrogen and oxygen atoms in total.